The predicted octanol–water partition coefficient (Wildman–Crippen LogP) is -0.0990. The molecule has 0 aromatic rings. The van der Waals surface area contributed by atoms with Gasteiger partial charge in [0.25, 0.3) is 0 Å². The highest BCUT2D eigenvalue weighted by Gasteiger charge is 2.12. The summed E-state index contributed by atoms with van der Waals surface area (Å²) in [6.07, 6.45) is 2.17. The number of amides is 2. The molecule has 1 aliphatic rings. The lowest BCUT2D eigenvalue weighted by Crippen LogP contribution is -2.40. The fourth-order valence-electron chi connectivity index (χ4n) is 1.59. The van der Waals surface area contributed by atoms with Crippen LogP contribution in [-0.2, 0) is 9.59 Å². The van der Waals surface area contributed by atoms with Gasteiger partial charge >= 0.3 is 0 Å². The molecule has 0 aromatic carbocycles. The Hall–Kier alpha value is -0.810. The van der Waals surface area contributed by atoms with Gasteiger partial charge in [-0.2, -0.15) is 0 Å². The molecule has 0 unspecified atom stereocenters. The van der Waals surface area contributed by atoms with Gasteiger partial charge in [0.15, 0.2) is 0 Å². The molecular weight excluding hydrogens is 230 g/mol. The number of hydrogen-bond donors (Lipinski definition) is 2. The summed E-state index contributed by atoms with van der Waals surface area (Å²) >= 11 is 5.53. The highest BCUT2D eigenvalue weighted by Crippen LogP contribution is 2.01. The lowest BCUT2D eigenvalue weighted by atomic mass is 10.2. The van der Waals surface area contributed by atoms with Crippen LogP contribution < -0.4 is 10.6 Å². The summed E-state index contributed by atoms with van der Waals surface area (Å²) < 4.78 is 0. The molecule has 92 valence electrons. The minimum absolute atomic E-state index is 0.0250. The van der Waals surface area contributed by atoms with Gasteiger partial charge in [0.2, 0.25) is 11.8 Å². The quantitative estimate of drug-likeness (QED) is 0.637. The molecule has 0 spiro atoms. The first-order valence-electron chi connectivity index (χ1n) is 5.55. The van der Waals surface area contributed by atoms with Crippen molar-refractivity contribution in [3.63, 3.8) is 0 Å². The van der Waals surface area contributed by atoms with E-state index in [-0.39, 0.29) is 17.7 Å². The van der Waals surface area contributed by atoms with E-state index in [0.717, 1.165) is 12.8 Å². The van der Waals surface area contributed by atoms with Gasteiger partial charge in [-0.25, -0.2) is 0 Å². The van der Waals surface area contributed by atoms with E-state index in [2.05, 4.69) is 10.6 Å². The van der Waals surface area contributed by atoms with Crippen LogP contribution in [0.15, 0.2) is 0 Å². The zero-order valence-electron chi connectivity index (χ0n) is 9.30. The molecule has 16 heavy (non-hydrogen) atoms. The average Bonchev–Trinajstić information content (AvgIpc) is 2.34. The fraction of sp³-hybridized carbons (Fsp3) is 0.800. The second-order valence-electron chi connectivity index (χ2n) is 3.75. The lowest BCUT2D eigenvalue weighted by molar-refractivity contribution is -0.128. The van der Waals surface area contributed by atoms with E-state index in [1.165, 1.54) is 0 Å². The summed E-state index contributed by atoms with van der Waals surface area (Å²) in [4.78, 5) is 24.4. The number of hydrogen-bond acceptors (Lipinski definition) is 3. The van der Waals surface area contributed by atoms with Crippen molar-refractivity contribution >= 4 is 23.4 Å². The molecule has 0 aromatic heterocycles. The Morgan fingerprint density at radius 2 is 2.19 bits per heavy atom. The summed E-state index contributed by atoms with van der Waals surface area (Å²) in [6.45, 7) is 2.45. The number of carbonyl (C=O) groups is 2. The Bertz CT molecular complexity index is 248. The third-order valence-corrected chi connectivity index (χ3v) is 2.75. The van der Waals surface area contributed by atoms with Crippen molar-refractivity contribution in [1.82, 2.24) is 15.5 Å². The predicted molar refractivity (Wildman–Crippen MR) is 62.2 cm³/mol. The van der Waals surface area contributed by atoms with Gasteiger partial charge in [-0.3, -0.25) is 14.9 Å². The van der Waals surface area contributed by atoms with Gasteiger partial charge in [-0.15, -0.1) is 11.6 Å². The standard InChI is InChI=1S/C10H18ClN3O2/c11-7-10(16)14-5-2-1-3-9(15)13-8-12-4-6-14/h12H,1-8H2,(H,13,15). The summed E-state index contributed by atoms with van der Waals surface area (Å²) in [5, 5.41) is 5.81. The zero-order valence-corrected chi connectivity index (χ0v) is 10.1. The first-order chi connectivity index (χ1) is 7.74. The Labute approximate surface area is 101 Å². The highest BCUT2D eigenvalue weighted by atomic mass is 35.5. The van der Waals surface area contributed by atoms with Crippen LogP contribution in [0.2, 0.25) is 0 Å². The van der Waals surface area contributed by atoms with E-state index in [4.69, 9.17) is 11.6 Å². The van der Waals surface area contributed by atoms with Crippen molar-refractivity contribution in [3.05, 3.63) is 0 Å². The molecule has 1 rings (SSSR count). The van der Waals surface area contributed by atoms with Gasteiger partial charge in [0.05, 0.1) is 6.67 Å². The molecule has 0 radical (unpaired) electrons. The Morgan fingerprint density at radius 3 is 2.94 bits per heavy atom. The Balaban J connectivity index is 2.42. The summed E-state index contributed by atoms with van der Waals surface area (Å²) in [7, 11) is 0. The van der Waals surface area contributed by atoms with Crippen molar-refractivity contribution in [1.29, 1.82) is 0 Å². The average molecular weight is 248 g/mol. The number of halogens is 1. The normalized spacial score (nSPS) is 19.8. The minimum atomic E-state index is -0.0398. The highest BCUT2D eigenvalue weighted by molar-refractivity contribution is 6.27. The second-order valence-corrected chi connectivity index (χ2v) is 4.02. The molecule has 0 aliphatic carbocycles. The van der Waals surface area contributed by atoms with Gasteiger partial charge < -0.3 is 10.2 Å². The van der Waals surface area contributed by atoms with E-state index >= 15 is 0 Å². The largest absolute Gasteiger partial charge is 0.344 e. The van der Waals surface area contributed by atoms with Crippen LogP contribution >= 0.6 is 11.6 Å². The maximum absolute atomic E-state index is 11.5. The fourth-order valence-corrected chi connectivity index (χ4v) is 1.75. The topological polar surface area (TPSA) is 61.4 Å². The molecule has 0 saturated carbocycles. The summed E-state index contributed by atoms with van der Waals surface area (Å²) in [6, 6.07) is 0. The molecule has 2 amide bonds. The number of nitrogens with zero attached hydrogens (tertiary/aromatic N) is 1. The number of carbonyl (C=O) groups excluding carboxylic acids is 2. The molecule has 2 N–H and O–H groups in total. The number of rotatable bonds is 1. The molecule has 5 nitrogen and oxygen atoms in total. The third-order valence-electron chi connectivity index (χ3n) is 2.52. The molecule has 6 heteroatoms. The summed E-state index contributed by atoms with van der Waals surface area (Å²) in [5.41, 5.74) is 0. The van der Waals surface area contributed by atoms with Gasteiger partial charge in [-0.05, 0) is 12.8 Å². The monoisotopic (exact) mass is 247 g/mol. The smallest absolute Gasteiger partial charge is 0.237 e. The van der Waals surface area contributed by atoms with E-state index in [1.807, 2.05) is 0 Å². The van der Waals surface area contributed by atoms with Crippen LogP contribution in [0.1, 0.15) is 19.3 Å². The Morgan fingerprint density at radius 1 is 1.38 bits per heavy atom. The number of nitrogens with one attached hydrogen (secondary N) is 2. The zero-order chi connectivity index (χ0) is 11.8. The Kier molecular flexibility index (Phi) is 6.18. The van der Waals surface area contributed by atoms with Crippen molar-refractivity contribution in [2.24, 2.45) is 0 Å². The van der Waals surface area contributed by atoms with E-state index in [9.17, 15) is 9.59 Å². The summed E-state index contributed by atoms with van der Waals surface area (Å²) in [5.74, 6) is 0.0450. The van der Waals surface area contributed by atoms with Gasteiger partial charge in [0, 0.05) is 26.1 Å². The number of alkyl halides is 1. The van der Waals surface area contributed by atoms with Crippen molar-refractivity contribution < 1.29 is 9.59 Å². The molecule has 1 heterocycles. The molecule has 1 fully saturated rings. The van der Waals surface area contributed by atoms with Crippen LogP contribution in [0.3, 0.4) is 0 Å². The lowest BCUT2D eigenvalue weighted by Gasteiger charge is -2.21. The van der Waals surface area contributed by atoms with Crippen molar-refractivity contribution in [3.8, 4) is 0 Å². The van der Waals surface area contributed by atoms with Crippen LogP contribution in [0.4, 0.5) is 0 Å². The van der Waals surface area contributed by atoms with Crippen molar-refractivity contribution in [2.45, 2.75) is 19.3 Å². The minimum Gasteiger partial charge on any atom is -0.344 e. The SMILES string of the molecule is O=C1CCCCN(C(=O)CCl)CCNCN1. The molecule has 0 atom stereocenters. The van der Waals surface area contributed by atoms with Crippen LogP contribution in [0.25, 0.3) is 0 Å². The molecule has 1 saturated heterocycles. The first-order valence-corrected chi connectivity index (χ1v) is 6.08. The van der Waals surface area contributed by atoms with E-state index in [1.54, 1.807) is 4.90 Å². The van der Waals surface area contributed by atoms with E-state index in [0.29, 0.717) is 32.7 Å². The first kappa shape index (κ1) is 13.3. The third kappa shape index (κ3) is 4.81. The van der Waals surface area contributed by atoms with Crippen LogP contribution in [0.5, 0.6) is 0 Å². The molecular formula is C10H18ClN3O2. The second kappa shape index (κ2) is 7.46. The molecule has 1 aliphatic heterocycles. The maximum atomic E-state index is 11.5. The van der Waals surface area contributed by atoms with Gasteiger partial charge in [-0.1, -0.05) is 0 Å². The van der Waals surface area contributed by atoms with Gasteiger partial charge in [0.1, 0.15) is 5.88 Å². The van der Waals surface area contributed by atoms with Crippen LogP contribution in [-0.4, -0.2) is 48.9 Å². The van der Waals surface area contributed by atoms with Crippen LogP contribution in [0, 0.1) is 0 Å². The maximum Gasteiger partial charge on any atom is 0.237 e. The van der Waals surface area contributed by atoms with E-state index < -0.39 is 0 Å². The van der Waals surface area contributed by atoms with Crippen molar-refractivity contribution in [2.75, 3.05) is 32.2 Å². The molecule has 0 bridgehead atoms.